The number of carbonyl (C=O) groups excluding carboxylic acids is 3. The molecule has 32 heavy (non-hydrogen) atoms. The molecular formula is C23H26ClFN4O3. The van der Waals surface area contributed by atoms with Gasteiger partial charge in [0.25, 0.3) is 5.91 Å². The lowest BCUT2D eigenvalue weighted by atomic mass is 9.71. The van der Waals surface area contributed by atoms with E-state index in [1.165, 1.54) is 12.4 Å². The molecule has 170 valence electrons. The molecule has 1 aromatic carbocycles. The molecule has 1 spiro atoms. The first-order valence-electron chi connectivity index (χ1n) is 10.9. The topological polar surface area (TPSA) is 95.2 Å². The number of H-pyrrole nitrogens is 1. The van der Waals surface area contributed by atoms with Crippen LogP contribution in [0.15, 0.2) is 18.5 Å². The monoisotopic (exact) mass is 460 g/mol. The zero-order chi connectivity index (χ0) is 23.0. The summed E-state index contributed by atoms with van der Waals surface area (Å²) in [5, 5.41) is 3.21. The van der Waals surface area contributed by atoms with Crippen molar-refractivity contribution in [3.63, 3.8) is 0 Å². The van der Waals surface area contributed by atoms with Crippen LogP contribution in [0.3, 0.4) is 0 Å². The van der Waals surface area contributed by atoms with Crippen molar-refractivity contribution in [2.45, 2.75) is 58.4 Å². The SMILES string of the molecule is CCC(=O)c1nc[nH]c1C(=O)NC1CCC2(CC1)CCN(c1cc(C)c(F)cc1Cl)C2=O. The standard InChI is InChI=1S/C23H26ClFN4O3/c1-3-18(30)19-20(27-12-26-19)21(31)28-14-4-6-23(7-5-14)8-9-29(22(23)32)17-10-13(2)16(25)11-15(17)24/h10-12,14H,3-9H2,1-2H3,(H,26,27)(H,28,31). The summed E-state index contributed by atoms with van der Waals surface area (Å²) in [6.07, 6.45) is 4.94. The first-order valence-corrected chi connectivity index (χ1v) is 11.3. The van der Waals surface area contributed by atoms with Gasteiger partial charge in [0.15, 0.2) is 5.78 Å². The highest BCUT2D eigenvalue weighted by molar-refractivity contribution is 6.34. The maximum absolute atomic E-state index is 13.8. The number of imidazole rings is 1. The number of amides is 2. The number of anilines is 1. The van der Waals surface area contributed by atoms with E-state index in [0.29, 0.717) is 49.9 Å². The molecule has 2 amide bonds. The number of hydrogen-bond acceptors (Lipinski definition) is 4. The summed E-state index contributed by atoms with van der Waals surface area (Å²) in [6, 6.07) is 2.80. The van der Waals surface area contributed by atoms with Crippen molar-refractivity contribution in [2.24, 2.45) is 5.41 Å². The first kappa shape index (κ1) is 22.5. The van der Waals surface area contributed by atoms with E-state index in [-0.39, 0.29) is 46.5 Å². The quantitative estimate of drug-likeness (QED) is 0.654. The van der Waals surface area contributed by atoms with E-state index in [1.54, 1.807) is 24.8 Å². The predicted octanol–water partition coefficient (Wildman–Crippen LogP) is 4.20. The number of carbonyl (C=O) groups is 3. The van der Waals surface area contributed by atoms with Crippen LogP contribution >= 0.6 is 11.6 Å². The highest BCUT2D eigenvalue weighted by Gasteiger charge is 2.49. The molecule has 1 saturated heterocycles. The lowest BCUT2D eigenvalue weighted by Gasteiger charge is -2.36. The van der Waals surface area contributed by atoms with Gasteiger partial charge in [0.2, 0.25) is 5.91 Å². The molecule has 2 N–H and O–H groups in total. The Balaban J connectivity index is 1.41. The van der Waals surface area contributed by atoms with E-state index in [0.717, 1.165) is 0 Å². The predicted molar refractivity (Wildman–Crippen MR) is 118 cm³/mol. The van der Waals surface area contributed by atoms with Crippen LogP contribution in [0.2, 0.25) is 5.02 Å². The summed E-state index contributed by atoms with van der Waals surface area (Å²) in [5.41, 5.74) is 0.857. The Kier molecular flexibility index (Phi) is 6.07. The molecule has 0 unspecified atom stereocenters. The van der Waals surface area contributed by atoms with Crippen LogP contribution in [-0.2, 0) is 4.79 Å². The van der Waals surface area contributed by atoms with Gasteiger partial charge >= 0.3 is 0 Å². The minimum Gasteiger partial charge on any atom is -0.348 e. The molecule has 0 radical (unpaired) electrons. The number of nitrogens with zero attached hydrogens (tertiary/aromatic N) is 2. The smallest absolute Gasteiger partial charge is 0.270 e. The highest BCUT2D eigenvalue weighted by Crippen LogP contribution is 2.47. The number of rotatable bonds is 5. The average Bonchev–Trinajstić information content (AvgIpc) is 3.38. The van der Waals surface area contributed by atoms with E-state index in [1.807, 2.05) is 0 Å². The number of benzene rings is 1. The van der Waals surface area contributed by atoms with Gasteiger partial charge in [-0.2, -0.15) is 0 Å². The summed E-state index contributed by atoms with van der Waals surface area (Å²) in [5.74, 6) is -0.921. The Hall–Kier alpha value is -2.74. The van der Waals surface area contributed by atoms with Crippen molar-refractivity contribution < 1.29 is 18.8 Å². The van der Waals surface area contributed by atoms with Gasteiger partial charge in [0, 0.05) is 19.0 Å². The number of aryl methyl sites for hydroxylation is 1. The lowest BCUT2D eigenvalue weighted by Crippen LogP contribution is -2.44. The average molecular weight is 461 g/mol. The Morgan fingerprint density at radius 3 is 2.72 bits per heavy atom. The van der Waals surface area contributed by atoms with Crippen molar-refractivity contribution in [2.75, 3.05) is 11.4 Å². The minimum atomic E-state index is -0.482. The van der Waals surface area contributed by atoms with Crippen molar-refractivity contribution in [1.29, 1.82) is 0 Å². The van der Waals surface area contributed by atoms with E-state index < -0.39 is 11.2 Å². The summed E-state index contributed by atoms with van der Waals surface area (Å²) < 4.78 is 13.8. The fourth-order valence-electron chi connectivity index (χ4n) is 4.78. The van der Waals surface area contributed by atoms with Gasteiger partial charge in [-0.25, -0.2) is 9.37 Å². The zero-order valence-corrected chi connectivity index (χ0v) is 18.9. The molecule has 2 heterocycles. The van der Waals surface area contributed by atoms with Crippen molar-refractivity contribution in [3.05, 3.63) is 46.3 Å². The van der Waals surface area contributed by atoms with E-state index in [2.05, 4.69) is 15.3 Å². The second kappa shape index (κ2) is 8.65. The third kappa shape index (κ3) is 3.92. The second-order valence-corrected chi connectivity index (χ2v) is 9.10. The normalized spacial score (nSPS) is 23.1. The van der Waals surface area contributed by atoms with Gasteiger partial charge in [-0.15, -0.1) is 0 Å². The van der Waals surface area contributed by atoms with E-state index in [4.69, 9.17) is 11.6 Å². The van der Waals surface area contributed by atoms with Gasteiger partial charge in [-0.3, -0.25) is 14.4 Å². The number of hydrogen-bond donors (Lipinski definition) is 2. The molecule has 1 aromatic heterocycles. The Morgan fingerprint density at radius 2 is 2.03 bits per heavy atom. The van der Waals surface area contributed by atoms with Crippen LogP contribution < -0.4 is 10.2 Å². The number of Topliss-reactive ketones (excluding diaryl/α,β-unsaturated/α-hetero) is 1. The van der Waals surface area contributed by atoms with Gasteiger partial charge in [0.1, 0.15) is 17.2 Å². The first-order chi connectivity index (χ1) is 15.3. The lowest BCUT2D eigenvalue weighted by molar-refractivity contribution is -0.127. The molecule has 2 fully saturated rings. The minimum absolute atomic E-state index is 0.0135. The van der Waals surface area contributed by atoms with Crippen LogP contribution in [0, 0.1) is 18.2 Å². The molecule has 2 aliphatic rings. The summed E-state index contributed by atoms with van der Waals surface area (Å²) in [4.78, 5) is 46.4. The molecule has 0 bridgehead atoms. The molecular weight excluding hydrogens is 435 g/mol. The van der Waals surface area contributed by atoms with Gasteiger partial charge in [0.05, 0.1) is 22.5 Å². The molecule has 1 aliphatic heterocycles. The second-order valence-electron chi connectivity index (χ2n) is 8.69. The maximum Gasteiger partial charge on any atom is 0.270 e. The van der Waals surface area contributed by atoms with Gasteiger partial charge in [-0.1, -0.05) is 18.5 Å². The Bertz CT molecular complexity index is 1080. The van der Waals surface area contributed by atoms with Crippen molar-refractivity contribution >= 4 is 34.9 Å². The number of halogens is 2. The highest BCUT2D eigenvalue weighted by atomic mass is 35.5. The van der Waals surface area contributed by atoms with Crippen LogP contribution in [0.5, 0.6) is 0 Å². The maximum atomic E-state index is 13.8. The number of nitrogens with one attached hydrogen (secondary N) is 2. The Labute approximate surface area is 190 Å². The molecule has 0 atom stereocenters. The summed E-state index contributed by atoms with van der Waals surface area (Å²) >= 11 is 6.24. The number of ketones is 1. The molecule has 1 aliphatic carbocycles. The van der Waals surface area contributed by atoms with Crippen LogP contribution in [0.1, 0.15) is 72.0 Å². The fourth-order valence-corrected chi connectivity index (χ4v) is 5.03. The van der Waals surface area contributed by atoms with Gasteiger partial charge < -0.3 is 15.2 Å². The van der Waals surface area contributed by atoms with Crippen molar-refractivity contribution in [3.8, 4) is 0 Å². The third-order valence-corrected chi connectivity index (χ3v) is 7.06. The summed E-state index contributed by atoms with van der Waals surface area (Å²) in [6.45, 7) is 3.91. The largest absolute Gasteiger partial charge is 0.348 e. The molecule has 1 saturated carbocycles. The van der Waals surface area contributed by atoms with Crippen LogP contribution in [0.25, 0.3) is 0 Å². The van der Waals surface area contributed by atoms with E-state index >= 15 is 0 Å². The zero-order valence-electron chi connectivity index (χ0n) is 18.1. The summed E-state index contributed by atoms with van der Waals surface area (Å²) in [7, 11) is 0. The third-order valence-electron chi connectivity index (χ3n) is 6.76. The van der Waals surface area contributed by atoms with Crippen LogP contribution in [0.4, 0.5) is 10.1 Å². The van der Waals surface area contributed by atoms with Crippen molar-refractivity contribution in [1.82, 2.24) is 15.3 Å². The molecule has 2 aromatic rings. The van der Waals surface area contributed by atoms with Crippen LogP contribution in [-0.4, -0.2) is 40.2 Å². The Morgan fingerprint density at radius 1 is 1.31 bits per heavy atom. The van der Waals surface area contributed by atoms with E-state index in [9.17, 15) is 18.8 Å². The molecule has 9 heteroatoms. The number of aromatic nitrogens is 2. The fraction of sp³-hybridized carbons (Fsp3) is 0.478. The van der Waals surface area contributed by atoms with Gasteiger partial charge in [-0.05, 0) is 56.7 Å². The molecule has 4 rings (SSSR count). The molecule has 7 nitrogen and oxygen atoms in total. The number of aromatic amines is 1.